The van der Waals surface area contributed by atoms with Crippen molar-refractivity contribution >= 4 is 64.0 Å². The van der Waals surface area contributed by atoms with Gasteiger partial charge < -0.3 is 0 Å². The van der Waals surface area contributed by atoms with E-state index in [0.717, 1.165) is 16.7 Å². The van der Waals surface area contributed by atoms with Crippen molar-refractivity contribution in [2.75, 3.05) is 0 Å². The van der Waals surface area contributed by atoms with Crippen molar-refractivity contribution in [3.8, 4) is 0 Å². The molecule has 0 radical (unpaired) electrons. The van der Waals surface area contributed by atoms with Crippen LogP contribution in [0.25, 0.3) is 6.08 Å². The monoisotopic (exact) mass is 452 g/mol. The second-order valence-electron chi connectivity index (χ2n) is 6.69. The van der Waals surface area contributed by atoms with E-state index in [2.05, 4.69) is 0 Å². The fourth-order valence-electron chi connectivity index (χ4n) is 3.43. The van der Waals surface area contributed by atoms with Crippen LogP contribution in [0.1, 0.15) is 30.4 Å². The van der Waals surface area contributed by atoms with Gasteiger partial charge >= 0.3 is 0 Å². The largest absolute Gasteiger partial charge is 0.299 e. The maximum Gasteiger partial charge on any atom is 0.167 e. The number of Topliss-reactive ketones (excluding diaryl/α,β-unsaturated/α-hetero) is 1. The number of allylic oxidation sites excluding steroid dienone is 3. The first-order valence-corrected chi connectivity index (χ1v) is 10.1. The van der Waals surface area contributed by atoms with E-state index in [9.17, 15) is 9.59 Å². The minimum absolute atomic E-state index is 0.180. The fourth-order valence-corrected chi connectivity index (χ4v) is 4.45. The van der Waals surface area contributed by atoms with Crippen LogP contribution in [-0.2, 0) is 9.59 Å². The van der Waals surface area contributed by atoms with Crippen molar-refractivity contribution in [3.63, 3.8) is 0 Å². The summed E-state index contributed by atoms with van der Waals surface area (Å²) in [5.74, 6) is -1.51. The molecule has 0 aliphatic heterocycles. The highest BCUT2D eigenvalue weighted by atomic mass is 35.5. The van der Waals surface area contributed by atoms with Gasteiger partial charge in [0.15, 0.2) is 5.78 Å². The summed E-state index contributed by atoms with van der Waals surface area (Å²) in [6.45, 7) is 1.43. The molecule has 1 aliphatic rings. The van der Waals surface area contributed by atoms with Crippen LogP contribution in [0.5, 0.6) is 0 Å². The Labute approximate surface area is 183 Å². The molecule has 6 heteroatoms. The molecule has 0 heterocycles. The molecule has 2 aromatic rings. The normalized spacial score (nSPS) is 19.8. The Morgan fingerprint density at radius 1 is 0.964 bits per heavy atom. The molecule has 0 spiro atoms. The summed E-state index contributed by atoms with van der Waals surface area (Å²) in [6, 6.07) is 10.3. The van der Waals surface area contributed by atoms with Gasteiger partial charge in [0.1, 0.15) is 5.78 Å². The van der Waals surface area contributed by atoms with Gasteiger partial charge in [-0.2, -0.15) is 0 Å². The highest BCUT2D eigenvalue weighted by molar-refractivity contribution is 6.36. The van der Waals surface area contributed by atoms with E-state index in [1.54, 1.807) is 36.4 Å². The zero-order valence-corrected chi connectivity index (χ0v) is 17.9. The second-order valence-corrected chi connectivity index (χ2v) is 8.37. The summed E-state index contributed by atoms with van der Waals surface area (Å²) < 4.78 is 0. The highest BCUT2D eigenvalue weighted by Gasteiger charge is 2.36. The van der Waals surface area contributed by atoms with E-state index in [-0.39, 0.29) is 17.5 Å². The number of rotatable bonds is 4. The molecule has 0 amide bonds. The number of benzene rings is 2. The first-order valence-electron chi connectivity index (χ1n) is 8.59. The molecule has 0 saturated heterocycles. The predicted octanol–water partition coefficient (Wildman–Crippen LogP) is 7.20. The summed E-state index contributed by atoms with van der Waals surface area (Å²) in [7, 11) is 0. The quantitative estimate of drug-likeness (QED) is 0.458. The average Bonchev–Trinajstić information content (AvgIpc) is 2.60. The number of halogens is 4. The van der Waals surface area contributed by atoms with Gasteiger partial charge in [0, 0.05) is 26.0 Å². The SMILES string of the molecule is CC(=O)C1C(=O)C=C(/C=C/c2ccc(Cl)cc2Cl)CC1c1ccc(Cl)cc1Cl. The van der Waals surface area contributed by atoms with Crippen molar-refractivity contribution in [2.24, 2.45) is 5.92 Å². The maximum absolute atomic E-state index is 12.7. The Morgan fingerprint density at radius 2 is 1.61 bits per heavy atom. The Morgan fingerprint density at radius 3 is 2.21 bits per heavy atom. The Kier molecular flexibility index (Phi) is 6.67. The number of hydrogen-bond donors (Lipinski definition) is 0. The van der Waals surface area contributed by atoms with E-state index in [1.165, 1.54) is 13.0 Å². The predicted molar refractivity (Wildman–Crippen MR) is 117 cm³/mol. The van der Waals surface area contributed by atoms with E-state index >= 15 is 0 Å². The standard InChI is InChI=1S/C22H16Cl4O2/c1-12(27)22-18(17-7-6-16(24)11-20(17)26)8-13(9-21(22)28)2-3-14-4-5-15(23)10-19(14)25/h2-7,9-11,18,22H,8H2,1H3/b3-2+. The van der Waals surface area contributed by atoms with Crippen molar-refractivity contribution in [1.29, 1.82) is 0 Å². The molecule has 0 aromatic heterocycles. The summed E-state index contributed by atoms with van der Waals surface area (Å²) >= 11 is 24.5. The molecule has 2 nitrogen and oxygen atoms in total. The highest BCUT2D eigenvalue weighted by Crippen LogP contribution is 2.40. The second kappa shape index (κ2) is 8.84. The zero-order chi connectivity index (χ0) is 20.4. The molecule has 2 unspecified atom stereocenters. The fraction of sp³-hybridized carbons (Fsp3) is 0.182. The van der Waals surface area contributed by atoms with Crippen LogP contribution in [0.2, 0.25) is 20.1 Å². The van der Waals surface area contributed by atoms with Crippen LogP contribution in [0.3, 0.4) is 0 Å². The number of hydrogen-bond acceptors (Lipinski definition) is 2. The summed E-state index contributed by atoms with van der Waals surface area (Å²) in [4.78, 5) is 24.9. The zero-order valence-electron chi connectivity index (χ0n) is 14.9. The lowest BCUT2D eigenvalue weighted by atomic mass is 9.73. The van der Waals surface area contributed by atoms with Gasteiger partial charge in [-0.1, -0.05) is 70.7 Å². The van der Waals surface area contributed by atoms with Crippen LogP contribution in [0.15, 0.2) is 54.1 Å². The molecular weight excluding hydrogens is 438 g/mol. The number of ketones is 2. The Balaban J connectivity index is 1.96. The number of carbonyl (C=O) groups is 2. The van der Waals surface area contributed by atoms with Crippen molar-refractivity contribution in [3.05, 3.63) is 85.3 Å². The molecule has 2 atom stereocenters. The first kappa shape index (κ1) is 21.1. The third-order valence-electron chi connectivity index (χ3n) is 4.73. The molecule has 144 valence electrons. The topological polar surface area (TPSA) is 34.1 Å². The lowest BCUT2D eigenvalue weighted by molar-refractivity contribution is -0.130. The Hall–Kier alpha value is -1.58. The van der Waals surface area contributed by atoms with Crippen LogP contribution < -0.4 is 0 Å². The molecule has 1 aliphatic carbocycles. The van der Waals surface area contributed by atoms with Gasteiger partial charge in [0.05, 0.1) is 5.92 Å². The number of carbonyl (C=O) groups excluding carboxylic acids is 2. The molecule has 28 heavy (non-hydrogen) atoms. The van der Waals surface area contributed by atoms with E-state index in [0.29, 0.717) is 26.5 Å². The van der Waals surface area contributed by atoms with Crippen LogP contribution in [0.4, 0.5) is 0 Å². The van der Waals surface area contributed by atoms with E-state index in [4.69, 9.17) is 46.4 Å². The van der Waals surface area contributed by atoms with Gasteiger partial charge in [-0.25, -0.2) is 0 Å². The van der Waals surface area contributed by atoms with Crippen molar-refractivity contribution < 1.29 is 9.59 Å². The molecule has 0 N–H and O–H groups in total. The summed E-state index contributed by atoms with van der Waals surface area (Å²) in [5, 5.41) is 2.02. The average molecular weight is 454 g/mol. The van der Waals surface area contributed by atoms with Crippen LogP contribution in [-0.4, -0.2) is 11.6 Å². The molecule has 0 bridgehead atoms. The summed E-state index contributed by atoms with van der Waals surface area (Å²) in [6.07, 6.45) is 5.68. The third kappa shape index (κ3) is 4.69. The van der Waals surface area contributed by atoms with Crippen molar-refractivity contribution in [2.45, 2.75) is 19.3 Å². The Bertz CT molecular complexity index is 1010. The van der Waals surface area contributed by atoms with Gasteiger partial charge in [0.2, 0.25) is 0 Å². The molecule has 0 fully saturated rings. The van der Waals surface area contributed by atoms with Gasteiger partial charge in [-0.05, 0) is 60.4 Å². The van der Waals surface area contributed by atoms with Gasteiger partial charge in [0.25, 0.3) is 0 Å². The summed E-state index contributed by atoms with van der Waals surface area (Å²) in [5.41, 5.74) is 2.32. The lowest BCUT2D eigenvalue weighted by Crippen LogP contribution is -2.31. The van der Waals surface area contributed by atoms with Gasteiger partial charge in [-0.15, -0.1) is 0 Å². The molecular formula is C22H16Cl4O2. The maximum atomic E-state index is 12.7. The molecule has 2 aromatic carbocycles. The first-order chi connectivity index (χ1) is 13.3. The van der Waals surface area contributed by atoms with Crippen LogP contribution in [0, 0.1) is 5.92 Å². The van der Waals surface area contributed by atoms with E-state index < -0.39 is 5.92 Å². The lowest BCUT2D eigenvalue weighted by Gasteiger charge is -2.29. The van der Waals surface area contributed by atoms with Crippen LogP contribution >= 0.6 is 46.4 Å². The van der Waals surface area contributed by atoms with Crippen molar-refractivity contribution in [1.82, 2.24) is 0 Å². The van der Waals surface area contributed by atoms with E-state index in [1.807, 2.05) is 12.2 Å². The smallest absolute Gasteiger partial charge is 0.167 e. The minimum atomic E-state index is -0.755. The van der Waals surface area contributed by atoms with Gasteiger partial charge in [-0.3, -0.25) is 9.59 Å². The molecule has 3 rings (SSSR count). The molecule has 0 saturated carbocycles. The third-order valence-corrected chi connectivity index (χ3v) is 5.86. The minimum Gasteiger partial charge on any atom is -0.299 e.